The maximum atomic E-state index is 12.5. The maximum absolute atomic E-state index is 12.5. The van der Waals surface area contributed by atoms with Gasteiger partial charge in [0, 0.05) is 45.1 Å². The molecular formula is C18H24N6O5. The molecule has 29 heavy (non-hydrogen) atoms. The normalized spacial score (nSPS) is 16.0. The Labute approximate surface area is 167 Å². The van der Waals surface area contributed by atoms with Crippen molar-refractivity contribution in [1.82, 2.24) is 24.9 Å². The molecule has 2 aromatic heterocycles. The molecule has 0 spiro atoms. The van der Waals surface area contributed by atoms with Crippen LogP contribution in [0.2, 0.25) is 0 Å². The number of carboxylic acid groups (broad SMARTS) is 1. The summed E-state index contributed by atoms with van der Waals surface area (Å²) in [6, 6.07) is 0. The number of hydrogen-bond acceptors (Lipinski definition) is 6. The van der Waals surface area contributed by atoms with E-state index in [2.05, 4.69) is 20.8 Å². The minimum atomic E-state index is -1.08. The predicted molar refractivity (Wildman–Crippen MR) is 102 cm³/mol. The number of hydrogen-bond donors (Lipinski definition) is 3. The lowest BCUT2D eigenvalue weighted by molar-refractivity contribution is -0.116. The van der Waals surface area contributed by atoms with Crippen LogP contribution in [0.3, 0.4) is 0 Å². The van der Waals surface area contributed by atoms with E-state index in [1.54, 1.807) is 10.9 Å². The lowest BCUT2D eigenvalue weighted by Crippen LogP contribution is -2.32. The quantitative estimate of drug-likeness (QED) is 0.560. The minimum absolute atomic E-state index is 0.00927. The molecule has 1 aliphatic heterocycles. The first-order valence-electron chi connectivity index (χ1n) is 9.49. The lowest BCUT2D eigenvalue weighted by atomic mass is 10.2. The number of ether oxygens (including phenoxy) is 1. The fourth-order valence-electron chi connectivity index (χ4n) is 2.96. The molecule has 11 nitrogen and oxygen atoms in total. The number of carbonyl (C=O) groups excluding carboxylic acids is 2. The molecule has 3 N–H and O–H groups in total. The topological polar surface area (TPSA) is 140 Å². The molecule has 0 bridgehead atoms. The van der Waals surface area contributed by atoms with E-state index in [0.717, 1.165) is 12.8 Å². The molecule has 156 valence electrons. The van der Waals surface area contributed by atoms with Gasteiger partial charge in [-0.05, 0) is 19.8 Å². The first-order valence-corrected chi connectivity index (χ1v) is 9.49. The van der Waals surface area contributed by atoms with E-state index >= 15 is 0 Å². The SMILES string of the molecule is CCn1cc(NC(=O)CCn2cc(C(=O)O)cn2)c(C(=O)NCC2CCCO2)n1. The predicted octanol–water partition coefficient (Wildman–Crippen LogP) is 0.735. The summed E-state index contributed by atoms with van der Waals surface area (Å²) in [5.74, 6) is -1.78. The van der Waals surface area contributed by atoms with Gasteiger partial charge in [-0.15, -0.1) is 0 Å². The zero-order chi connectivity index (χ0) is 20.8. The fourth-order valence-corrected chi connectivity index (χ4v) is 2.96. The van der Waals surface area contributed by atoms with Gasteiger partial charge in [0.05, 0.1) is 23.6 Å². The highest BCUT2D eigenvalue weighted by Crippen LogP contribution is 2.16. The summed E-state index contributed by atoms with van der Waals surface area (Å²) in [5.41, 5.74) is 0.527. The average Bonchev–Trinajstić information content (AvgIpc) is 3.44. The van der Waals surface area contributed by atoms with Crippen LogP contribution in [0.15, 0.2) is 18.6 Å². The largest absolute Gasteiger partial charge is 0.478 e. The Morgan fingerprint density at radius 2 is 2.14 bits per heavy atom. The Bertz CT molecular complexity index is 883. The summed E-state index contributed by atoms with van der Waals surface area (Å²) < 4.78 is 8.45. The number of aryl methyl sites for hydroxylation is 2. The maximum Gasteiger partial charge on any atom is 0.338 e. The molecule has 1 aliphatic rings. The third kappa shape index (κ3) is 5.41. The van der Waals surface area contributed by atoms with Crippen molar-refractivity contribution >= 4 is 23.5 Å². The van der Waals surface area contributed by atoms with Gasteiger partial charge in [0.2, 0.25) is 5.91 Å². The Balaban J connectivity index is 1.58. The summed E-state index contributed by atoms with van der Waals surface area (Å²) in [6.45, 7) is 3.74. The van der Waals surface area contributed by atoms with E-state index in [1.807, 2.05) is 6.92 Å². The van der Waals surface area contributed by atoms with Gasteiger partial charge < -0.3 is 20.5 Å². The zero-order valence-electron chi connectivity index (χ0n) is 16.1. The Morgan fingerprint density at radius 1 is 1.31 bits per heavy atom. The first kappa shape index (κ1) is 20.5. The summed E-state index contributed by atoms with van der Waals surface area (Å²) in [5, 5.41) is 22.5. The van der Waals surface area contributed by atoms with Crippen LogP contribution in [0, 0.1) is 0 Å². The number of anilines is 1. The molecular weight excluding hydrogens is 380 g/mol. The van der Waals surface area contributed by atoms with Crippen LogP contribution in [0.25, 0.3) is 0 Å². The molecule has 2 amide bonds. The van der Waals surface area contributed by atoms with Gasteiger partial charge in [0.15, 0.2) is 5.69 Å². The van der Waals surface area contributed by atoms with Crippen molar-refractivity contribution in [2.24, 2.45) is 0 Å². The van der Waals surface area contributed by atoms with Crippen molar-refractivity contribution in [3.05, 3.63) is 29.8 Å². The van der Waals surface area contributed by atoms with Gasteiger partial charge in [-0.3, -0.25) is 19.0 Å². The second-order valence-electron chi connectivity index (χ2n) is 6.69. The van der Waals surface area contributed by atoms with Crippen molar-refractivity contribution in [3.8, 4) is 0 Å². The third-order valence-electron chi connectivity index (χ3n) is 4.54. The molecule has 0 saturated carbocycles. The molecule has 11 heteroatoms. The number of nitrogens with zero attached hydrogens (tertiary/aromatic N) is 4. The van der Waals surface area contributed by atoms with Gasteiger partial charge >= 0.3 is 5.97 Å². The Morgan fingerprint density at radius 3 is 2.79 bits per heavy atom. The monoisotopic (exact) mass is 404 g/mol. The molecule has 1 atom stereocenters. The van der Waals surface area contributed by atoms with Gasteiger partial charge in [0.1, 0.15) is 0 Å². The molecule has 0 aromatic carbocycles. The van der Waals surface area contributed by atoms with Crippen LogP contribution < -0.4 is 10.6 Å². The van der Waals surface area contributed by atoms with E-state index in [4.69, 9.17) is 9.84 Å². The molecule has 2 aromatic rings. The number of aromatic carboxylic acids is 1. The van der Waals surface area contributed by atoms with Gasteiger partial charge in [-0.2, -0.15) is 10.2 Å². The van der Waals surface area contributed by atoms with Crippen LogP contribution in [0.4, 0.5) is 5.69 Å². The number of carboxylic acids is 1. The van der Waals surface area contributed by atoms with E-state index < -0.39 is 5.97 Å². The Kier molecular flexibility index (Phi) is 6.60. The van der Waals surface area contributed by atoms with Crippen molar-refractivity contribution in [2.45, 2.75) is 45.4 Å². The molecule has 3 heterocycles. The van der Waals surface area contributed by atoms with Crippen LogP contribution in [0.5, 0.6) is 0 Å². The molecule has 0 aliphatic carbocycles. The number of rotatable bonds is 9. The smallest absolute Gasteiger partial charge is 0.338 e. The van der Waals surface area contributed by atoms with Crippen LogP contribution in [-0.4, -0.2) is 61.7 Å². The zero-order valence-corrected chi connectivity index (χ0v) is 16.1. The lowest BCUT2D eigenvalue weighted by Gasteiger charge is -2.10. The molecule has 1 fully saturated rings. The standard InChI is InChI=1S/C18H24N6O5/c1-2-23-11-14(16(22-23)17(26)19-9-13-4-3-7-29-13)21-15(25)5-6-24-10-12(8-20-24)18(27)28/h8,10-11,13H,2-7,9H2,1H3,(H,19,26)(H,21,25)(H,27,28). The van der Waals surface area contributed by atoms with Crippen molar-refractivity contribution in [3.63, 3.8) is 0 Å². The summed E-state index contributed by atoms with van der Waals surface area (Å²) in [4.78, 5) is 35.7. The highest BCUT2D eigenvalue weighted by atomic mass is 16.5. The Hall–Kier alpha value is -3.21. The number of amides is 2. The third-order valence-corrected chi connectivity index (χ3v) is 4.54. The second kappa shape index (κ2) is 9.32. The second-order valence-corrected chi connectivity index (χ2v) is 6.69. The van der Waals surface area contributed by atoms with E-state index in [0.29, 0.717) is 25.4 Å². The van der Waals surface area contributed by atoms with Crippen molar-refractivity contribution in [2.75, 3.05) is 18.5 Å². The highest BCUT2D eigenvalue weighted by molar-refractivity contribution is 6.02. The van der Waals surface area contributed by atoms with Crippen LogP contribution >= 0.6 is 0 Å². The summed E-state index contributed by atoms with van der Waals surface area (Å²) in [7, 11) is 0. The summed E-state index contributed by atoms with van der Waals surface area (Å²) in [6.07, 6.45) is 6.15. The number of carbonyl (C=O) groups is 3. The van der Waals surface area contributed by atoms with Gasteiger partial charge in [-0.25, -0.2) is 4.79 Å². The van der Waals surface area contributed by atoms with E-state index in [9.17, 15) is 14.4 Å². The fraction of sp³-hybridized carbons (Fsp3) is 0.500. The van der Waals surface area contributed by atoms with Crippen LogP contribution in [0.1, 0.15) is 47.0 Å². The van der Waals surface area contributed by atoms with E-state index in [-0.39, 0.29) is 42.1 Å². The minimum Gasteiger partial charge on any atom is -0.478 e. The van der Waals surface area contributed by atoms with Crippen molar-refractivity contribution in [1.29, 1.82) is 0 Å². The molecule has 0 radical (unpaired) electrons. The van der Waals surface area contributed by atoms with E-state index in [1.165, 1.54) is 17.1 Å². The van der Waals surface area contributed by atoms with Gasteiger partial charge in [0.25, 0.3) is 5.91 Å². The highest BCUT2D eigenvalue weighted by Gasteiger charge is 2.21. The molecule has 1 saturated heterocycles. The average molecular weight is 404 g/mol. The van der Waals surface area contributed by atoms with Crippen LogP contribution in [-0.2, 0) is 22.6 Å². The number of aromatic nitrogens is 4. The molecule has 3 rings (SSSR count). The first-order chi connectivity index (χ1) is 14.0. The molecule has 1 unspecified atom stereocenters. The van der Waals surface area contributed by atoms with Gasteiger partial charge in [-0.1, -0.05) is 0 Å². The summed E-state index contributed by atoms with van der Waals surface area (Å²) >= 11 is 0. The van der Waals surface area contributed by atoms with Crippen molar-refractivity contribution < 1.29 is 24.2 Å². The number of nitrogens with one attached hydrogen (secondary N) is 2.